The fourth-order valence-corrected chi connectivity index (χ4v) is 0.931. The van der Waals surface area contributed by atoms with Gasteiger partial charge in [-0.05, 0) is 12.3 Å². The van der Waals surface area contributed by atoms with E-state index < -0.39 is 0 Å². The molecule has 4 nitrogen and oxygen atoms in total. The molecule has 12 heavy (non-hydrogen) atoms. The number of hydrogen-bond acceptors (Lipinski definition) is 2. The van der Waals surface area contributed by atoms with Gasteiger partial charge < -0.3 is 5.32 Å². The lowest BCUT2D eigenvalue weighted by atomic mass is 10.1. The van der Waals surface area contributed by atoms with Gasteiger partial charge in [0.15, 0.2) is 0 Å². The zero-order chi connectivity index (χ0) is 9.40. The molecule has 0 bridgehead atoms. The van der Waals surface area contributed by atoms with E-state index in [4.69, 9.17) is 5.84 Å². The predicted octanol–water partition coefficient (Wildman–Crippen LogP) is 0.986. The lowest BCUT2D eigenvalue weighted by molar-refractivity contribution is 0.241. The van der Waals surface area contributed by atoms with Crippen LogP contribution < -0.4 is 16.6 Å². The van der Waals surface area contributed by atoms with Crippen molar-refractivity contribution < 1.29 is 4.79 Å². The first-order valence-electron chi connectivity index (χ1n) is 4.41. The smallest absolute Gasteiger partial charge is 0.328 e. The zero-order valence-electron chi connectivity index (χ0n) is 7.89. The van der Waals surface area contributed by atoms with Gasteiger partial charge in [-0.1, -0.05) is 26.7 Å². The number of amides is 2. The molecule has 0 rings (SSSR count). The van der Waals surface area contributed by atoms with Crippen molar-refractivity contribution in [3.8, 4) is 0 Å². The van der Waals surface area contributed by atoms with Gasteiger partial charge in [0.1, 0.15) is 0 Å². The maximum atomic E-state index is 10.6. The Bertz CT molecular complexity index is 125. The molecular formula is C8H19N3O. The second-order valence-corrected chi connectivity index (χ2v) is 3.29. The molecule has 0 aromatic carbocycles. The number of carbonyl (C=O) groups is 1. The molecule has 0 radical (unpaired) electrons. The lowest BCUT2D eigenvalue weighted by Gasteiger charge is -2.05. The third kappa shape index (κ3) is 7.34. The number of hydrazine groups is 1. The number of nitrogens with two attached hydrogens (primary N) is 1. The van der Waals surface area contributed by atoms with Crippen LogP contribution in [0.3, 0.4) is 0 Å². The fraction of sp³-hybridized carbons (Fsp3) is 0.875. The molecule has 4 N–H and O–H groups in total. The van der Waals surface area contributed by atoms with Crippen molar-refractivity contribution in [2.45, 2.75) is 33.1 Å². The molecule has 4 heteroatoms. The molecule has 0 aliphatic heterocycles. The summed E-state index contributed by atoms with van der Waals surface area (Å²) in [5.41, 5.74) is 2.01. The quantitative estimate of drug-likeness (QED) is 0.251. The van der Waals surface area contributed by atoms with Crippen molar-refractivity contribution in [3.05, 3.63) is 0 Å². The SMILES string of the molecule is CC(C)CCCCNC(=O)NN. The van der Waals surface area contributed by atoms with Crippen molar-refractivity contribution in [1.82, 2.24) is 10.7 Å². The summed E-state index contributed by atoms with van der Waals surface area (Å²) in [4.78, 5) is 10.6. The average molecular weight is 173 g/mol. The van der Waals surface area contributed by atoms with Gasteiger partial charge in [-0.3, -0.25) is 5.43 Å². The number of urea groups is 1. The average Bonchev–Trinajstić information content (AvgIpc) is 2.03. The maximum Gasteiger partial charge on any atom is 0.328 e. The Morgan fingerprint density at radius 1 is 1.42 bits per heavy atom. The van der Waals surface area contributed by atoms with Crippen molar-refractivity contribution in [1.29, 1.82) is 0 Å². The van der Waals surface area contributed by atoms with E-state index in [0.29, 0.717) is 6.54 Å². The summed E-state index contributed by atoms with van der Waals surface area (Å²) in [5.74, 6) is 5.62. The Labute approximate surface area is 73.9 Å². The molecule has 0 fully saturated rings. The van der Waals surface area contributed by atoms with Crippen LogP contribution in [0, 0.1) is 5.92 Å². The van der Waals surface area contributed by atoms with E-state index in [1.807, 2.05) is 5.43 Å². The normalized spacial score (nSPS) is 10.0. The van der Waals surface area contributed by atoms with Crippen molar-refractivity contribution in [2.24, 2.45) is 11.8 Å². The number of hydrogen-bond donors (Lipinski definition) is 3. The summed E-state index contributed by atoms with van der Waals surface area (Å²) >= 11 is 0. The largest absolute Gasteiger partial charge is 0.337 e. The summed E-state index contributed by atoms with van der Waals surface area (Å²) in [7, 11) is 0. The van der Waals surface area contributed by atoms with E-state index in [2.05, 4.69) is 19.2 Å². The van der Waals surface area contributed by atoms with E-state index in [1.54, 1.807) is 0 Å². The van der Waals surface area contributed by atoms with Crippen LogP contribution in [0.1, 0.15) is 33.1 Å². The molecule has 0 saturated carbocycles. The second-order valence-electron chi connectivity index (χ2n) is 3.29. The molecule has 0 unspecified atom stereocenters. The summed E-state index contributed by atoms with van der Waals surface area (Å²) in [5, 5.41) is 2.63. The fourth-order valence-electron chi connectivity index (χ4n) is 0.931. The van der Waals surface area contributed by atoms with Crippen LogP contribution in [0.25, 0.3) is 0 Å². The Hall–Kier alpha value is -0.770. The Morgan fingerprint density at radius 3 is 2.58 bits per heavy atom. The minimum absolute atomic E-state index is 0.306. The molecular weight excluding hydrogens is 154 g/mol. The van der Waals surface area contributed by atoms with Crippen LogP contribution in [-0.4, -0.2) is 12.6 Å². The van der Waals surface area contributed by atoms with Crippen LogP contribution in [0.15, 0.2) is 0 Å². The van der Waals surface area contributed by atoms with E-state index in [0.717, 1.165) is 18.8 Å². The molecule has 0 aromatic rings. The number of nitrogens with one attached hydrogen (secondary N) is 2. The molecule has 2 amide bonds. The Morgan fingerprint density at radius 2 is 2.08 bits per heavy atom. The highest BCUT2D eigenvalue weighted by Crippen LogP contribution is 2.04. The number of unbranched alkanes of at least 4 members (excludes halogenated alkanes) is 1. The first-order valence-corrected chi connectivity index (χ1v) is 4.41. The minimum Gasteiger partial charge on any atom is -0.337 e. The standard InChI is InChI=1S/C8H19N3O/c1-7(2)5-3-4-6-10-8(12)11-9/h7H,3-6,9H2,1-2H3,(H2,10,11,12). The predicted molar refractivity (Wildman–Crippen MR) is 49.4 cm³/mol. The summed E-state index contributed by atoms with van der Waals surface area (Å²) in [6.07, 6.45) is 3.39. The zero-order valence-corrected chi connectivity index (χ0v) is 7.89. The van der Waals surface area contributed by atoms with Gasteiger partial charge in [-0.25, -0.2) is 10.6 Å². The van der Waals surface area contributed by atoms with Crippen LogP contribution >= 0.6 is 0 Å². The van der Waals surface area contributed by atoms with Gasteiger partial charge in [0, 0.05) is 6.54 Å². The van der Waals surface area contributed by atoms with Crippen molar-refractivity contribution in [3.63, 3.8) is 0 Å². The maximum absolute atomic E-state index is 10.6. The topological polar surface area (TPSA) is 67.2 Å². The molecule has 0 aliphatic rings. The second kappa shape index (κ2) is 6.91. The summed E-state index contributed by atoms with van der Waals surface area (Å²) < 4.78 is 0. The van der Waals surface area contributed by atoms with Crippen LogP contribution in [0.2, 0.25) is 0 Å². The van der Waals surface area contributed by atoms with Crippen LogP contribution in [-0.2, 0) is 0 Å². The first-order chi connectivity index (χ1) is 5.66. The van der Waals surface area contributed by atoms with Gasteiger partial charge in [-0.2, -0.15) is 0 Å². The van der Waals surface area contributed by atoms with Gasteiger partial charge >= 0.3 is 6.03 Å². The summed E-state index contributed by atoms with van der Waals surface area (Å²) in [6, 6.07) is -0.306. The molecule has 72 valence electrons. The third-order valence-electron chi connectivity index (χ3n) is 1.62. The highest BCUT2D eigenvalue weighted by atomic mass is 16.2. The van der Waals surface area contributed by atoms with E-state index in [-0.39, 0.29) is 6.03 Å². The highest BCUT2D eigenvalue weighted by molar-refractivity contribution is 5.72. The Balaban J connectivity index is 3.05. The Kier molecular flexibility index (Phi) is 6.47. The monoisotopic (exact) mass is 173 g/mol. The molecule has 0 spiro atoms. The van der Waals surface area contributed by atoms with Gasteiger partial charge in [-0.15, -0.1) is 0 Å². The third-order valence-corrected chi connectivity index (χ3v) is 1.62. The van der Waals surface area contributed by atoms with E-state index >= 15 is 0 Å². The minimum atomic E-state index is -0.306. The summed E-state index contributed by atoms with van der Waals surface area (Å²) in [6.45, 7) is 5.09. The van der Waals surface area contributed by atoms with E-state index in [9.17, 15) is 4.79 Å². The molecule has 0 atom stereocenters. The molecule has 0 saturated heterocycles. The van der Waals surface area contributed by atoms with Gasteiger partial charge in [0.2, 0.25) is 0 Å². The van der Waals surface area contributed by atoms with Gasteiger partial charge in [0.05, 0.1) is 0 Å². The van der Waals surface area contributed by atoms with Gasteiger partial charge in [0.25, 0.3) is 0 Å². The molecule has 0 aromatic heterocycles. The van der Waals surface area contributed by atoms with Crippen LogP contribution in [0.4, 0.5) is 4.79 Å². The highest BCUT2D eigenvalue weighted by Gasteiger charge is 1.96. The van der Waals surface area contributed by atoms with Crippen LogP contribution in [0.5, 0.6) is 0 Å². The van der Waals surface area contributed by atoms with Crippen molar-refractivity contribution in [2.75, 3.05) is 6.54 Å². The lowest BCUT2D eigenvalue weighted by Crippen LogP contribution is -2.40. The molecule has 0 aliphatic carbocycles. The van der Waals surface area contributed by atoms with Crippen molar-refractivity contribution >= 4 is 6.03 Å². The first kappa shape index (κ1) is 11.2. The number of rotatable bonds is 5. The number of carbonyl (C=O) groups excluding carboxylic acids is 1. The van der Waals surface area contributed by atoms with E-state index in [1.165, 1.54) is 6.42 Å². The molecule has 0 heterocycles.